The largest absolute Gasteiger partial charge is 0.354 e. The number of carbonyl (C=O) groups is 2. The topological polar surface area (TPSA) is 110 Å². The van der Waals surface area contributed by atoms with E-state index in [-0.39, 0.29) is 23.6 Å². The van der Waals surface area contributed by atoms with Crippen LogP contribution in [-0.4, -0.2) is 40.9 Å². The molecule has 0 spiro atoms. The summed E-state index contributed by atoms with van der Waals surface area (Å²) in [5.41, 5.74) is 6.20. The quantitative estimate of drug-likeness (QED) is 0.631. The minimum Gasteiger partial charge on any atom is -0.354 e. The van der Waals surface area contributed by atoms with E-state index in [2.05, 4.69) is 20.6 Å². The molecule has 1 aromatic heterocycles. The average molecular weight is 291 g/mol. The summed E-state index contributed by atoms with van der Waals surface area (Å²) in [4.78, 5) is 31.1. The Balaban J connectivity index is 1.61. The van der Waals surface area contributed by atoms with Gasteiger partial charge >= 0.3 is 0 Å². The first kappa shape index (κ1) is 15.4. The Bertz CT molecular complexity index is 480. The molecule has 1 fully saturated rings. The fourth-order valence-corrected chi connectivity index (χ4v) is 2.51. The van der Waals surface area contributed by atoms with Gasteiger partial charge in [-0.05, 0) is 18.8 Å². The molecule has 0 bridgehead atoms. The third-order valence-electron chi connectivity index (χ3n) is 3.69. The lowest BCUT2D eigenvalue weighted by molar-refractivity contribution is -0.122. The first-order valence-corrected chi connectivity index (χ1v) is 7.23. The lowest BCUT2D eigenvalue weighted by Gasteiger charge is -2.14. The van der Waals surface area contributed by atoms with Crippen molar-refractivity contribution in [3.63, 3.8) is 0 Å². The predicted molar refractivity (Wildman–Crippen MR) is 77.3 cm³/mol. The van der Waals surface area contributed by atoms with Gasteiger partial charge in [-0.15, -0.1) is 0 Å². The van der Waals surface area contributed by atoms with Gasteiger partial charge in [0.25, 0.3) is 5.91 Å². The number of carbonyl (C=O) groups excluding carboxylic acids is 2. The van der Waals surface area contributed by atoms with E-state index in [1.54, 1.807) is 0 Å². The molecule has 1 aliphatic rings. The van der Waals surface area contributed by atoms with Crippen molar-refractivity contribution in [1.82, 2.24) is 20.6 Å². The molecule has 4 N–H and O–H groups in total. The van der Waals surface area contributed by atoms with Gasteiger partial charge in [0.2, 0.25) is 5.91 Å². The molecule has 1 aromatic rings. The maximum absolute atomic E-state index is 11.8. The van der Waals surface area contributed by atoms with E-state index in [0.29, 0.717) is 25.4 Å². The fourth-order valence-electron chi connectivity index (χ4n) is 2.51. The summed E-state index contributed by atoms with van der Waals surface area (Å²) in [6, 6.07) is 0.145. The Hall–Kier alpha value is -2.02. The minimum atomic E-state index is -0.296. The van der Waals surface area contributed by atoms with E-state index in [4.69, 9.17) is 5.73 Å². The molecular formula is C14H21N5O2. The highest BCUT2D eigenvalue weighted by molar-refractivity contribution is 5.91. The maximum atomic E-state index is 11.8. The smallest absolute Gasteiger partial charge is 0.271 e. The van der Waals surface area contributed by atoms with Gasteiger partial charge in [0, 0.05) is 37.9 Å². The number of rotatable bonds is 6. The minimum absolute atomic E-state index is 0.00824. The van der Waals surface area contributed by atoms with Gasteiger partial charge < -0.3 is 16.4 Å². The van der Waals surface area contributed by atoms with Crippen LogP contribution in [0, 0.1) is 5.92 Å². The molecule has 21 heavy (non-hydrogen) atoms. The number of amides is 2. The lowest BCUT2D eigenvalue weighted by Crippen LogP contribution is -2.37. The number of nitrogens with zero attached hydrogens (tertiary/aromatic N) is 2. The highest BCUT2D eigenvalue weighted by atomic mass is 16.2. The maximum Gasteiger partial charge on any atom is 0.271 e. The molecule has 0 saturated heterocycles. The van der Waals surface area contributed by atoms with Crippen LogP contribution in [0.4, 0.5) is 0 Å². The highest BCUT2D eigenvalue weighted by Crippen LogP contribution is 2.26. The van der Waals surface area contributed by atoms with E-state index >= 15 is 0 Å². The van der Waals surface area contributed by atoms with Crippen molar-refractivity contribution in [2.75, 3.05) is 13.1 Å². The van der Waals surface area contributed by atoms with E-state index in [1.165, 1.54) is 18.6 Å². The molecule has 1 saturated carbocycles. The third kappa shape index (κ3) is 4.78. The SMILES string of the molecule is N[C@@H]1CCC[C@H]1CC(=O)NCCNC(=O)c1cnccn1. The molecule has 0 unspecified atom stereocenters. The molecule has 7 heteroatoms. The molecule has 1 aliphatic carbocycles. The van der Waals surface area contributed by atoms with Crippen molar-refractivity contribution in [1.29, 1.82) is 0 Å². The first-order chi connectivity index (χ1) is 10.2. The fraction of sp³-hybridized carbons (Fsp3) is 0.571. The van der Waals surface area contributed by atoms with E-state index < -0.39 is 0 Å². The molecule has 2 rings (SSSR count). The number of nitrogens with one attached hydrogen (secondary N) is 2. The van der Waals surface area contributed by atoms with Gasteiger partial charge in [0.05, 0.1) is 6.20 Å². The Morgan fingerprint density at radius 1 is 1.24 bits per heavy atom. The summed E-state index contributed by atoms with van der Waals surface area (Å²) in [5.74, 6) is -0.0135. The molecule has 7 nitrogen and oxygen atoms in total. The second-order valence-corrected chi connectivity index (χ2v) is 5.26. The highest BCUT2D eigenvalue weighted by Gasteiger charge is 2.25. The van der Waals surface area contributed by atoms with E-state index in [1.807, 2.05) is 0 Å². The number of aromatic nitrogens is 2. The van der Waals surface area contributed by atoms with Crippen molar-refractivity contribution in [3.05, 3.63) is 24.3 Å². The zero-order chi connectivity index (χ0) is 15.1. The second-order valence-electron chi connectivity index (χ2n) is 5.26. The van der Waals surface area contributed by atoms with Gasteiger partial charge in [-0.3, -0.25) is 14.6 Å². The predicted octanol–water partition coefficient (Wildman–Crippen LogP) is -0.160. The van der Waals surface area contributed by atoms with Gasteiger partial charge in [0.15, 0.2) is 0 Å². The van der Waals surface area contributed by atoms with Gasteiger partial charge in [-0.1, -0.05) is 6.42 Å². The molecular weight excluding hydrogens is 270 g/mol. The Morgan fingerprint density at radius 2 is 2.05 bits per heavy atom. The van der Waals surface area contributed by atoms with Crippen molar-refractivity contribution >= 4 is 11.8 Å². The van der Waals surface area contributed by atoms with Gasteiger partial charge in [-0.25, -0.2) is 4.98 Å². The molecule has 1 heterocycles. The van der Waals surface area contributed by atoms with Crippen LogP contribution in [0.15, 0.2) is 18.6 Å². The molecule has 0 radical (unpaired) electrons. The van der Waals surface area contributed by atoms with Crippen LogP contribution >= 0.6 is 0 Å². The third-order valence-corrected chi connectivity index (χ3v) is 3.69. The first-order valence-electron chi connectivity index (χ1n) is 7.23. The monoisotopic (exact) mass is 291 g/mol. The summed E-state index contributed by atoms with van der Waals surface area (Å²) >= 11 is 0. The summed E-state index contributed by atoms with van der Waals surface area (Å²) in [6.07, 6.45) is 7.97. The van der Waals surface area contributed by atoms with Crippen LogP contribution < -0.4 is 16.4 Å². The molecule has 0 aromatic carbocycles. The summed E-state index contributed by atoms with van der Waals surface area (Å²) < 4.78 is 0. The van der Waals surface area contributed by atoms with Crippen molar-refractivity contribution in [2.24, 2.45) is 11.7 Å². The van der Waals surface area contributed by atoms with Gasteiger partial charge in [-0.2, -0.15) is 0 Å². The van der Waals surface area contributed by atoms with Crippen molar-refractivity contribution in [3.8, 4) is 0 Å². The zero-order valence-corrected chi connectivity index (χ0v) is 11.9. The van der Waals surface area contributed by atoms with E-state index in [0.717, 1.165) is 19.3 Å². The average Bonchev–Trinajstić information content (AvgIpc) is 2.89. The van der Waals surface area contributed by atoms with Crippen LogP contribution in [-0.2, 0) is 4.79 Å². The Kier molecular flexibility index (Phi) is 5.62. The van der Waals surface area contributed by atoms with Crippen LogP contribution in [0.25, 0.3) is 0 Å². The zero-order valence-electron chi connectivity index (χ0n) is 11.9. The van der Waals surface area contributed by atoms with E-state index in [9.17, 15) is 9.59 Å². The number of nitrogens with two attached hydrogens (primary N) is 1. The lowest BCUT2D eigenvalue weighted by atomic mass is 10.00. The Labute approximate surface area is 123 Å². The summed E-state index contributed by atoms with van der Waals surface area (Å²) in [5, 5.41) is 5.47. The van der Waals surface area contributed by atoms with Crippen LogP contribution in [0.5, 0.6) is 0 Å². The summed E-state index contributed by atoms with van der Waals surface area (Å²) in [6.45, 7) is 0.755. The van der Waals surface area contributed by atoms with Crippen molar-refractivity contribution < 1.29 is 9.59 Å². The number of hydrogen-bond acceptors (Lipinski definition) is 5. The standard InChI is InChI=1S/C14H21N5O2/c15-11-3-1-2-10(11)8-13(20)18-6-7-19-14(21)12-9-16-4-5-17-12/h4-5,9-11H,1-3,6-8,15H2,(H,18,20)(H,19,21)/t10-,11+/m0/s1. The van der Waals surface area contributed by atoms with Crippen LogP contribution in [0.1, 0.15) is 36.2 Å². The van der Waals surface area contributed by atoms with Crippen molar-refractivity contribution in [2.45, 2.75) is 31.7 Å². The van der Waals surface area contributed by atoms with Crippen LogP contribution in [0.3, 0.4) is 0 Å². The normalized spacial score (nSPS) is 21.0. The molecule has 0 aliphatic heterocycles. The van der Waals surface area contributed by atoms with Crippen LogP contribution in [0.2, 0.25) is 0 Å². The van der Waals surface area contributed by atoms with Gasteiger partial charge in [0.1, 0.15) is 5.69 Å². The molecule has 114 valence electrons. The Morgan fingerprint density at radius 3 is 2.71 bits per heavy atom. The second kappa shape index (κ2) is 7.68. The number of hydrogen-bond donors (Lipinski definition) is 3. The summed E-state index contributed by atoms with van der Waals surface area (Å²) in [7, 11) is 0. The molecule has 2 atom stereocenters. The molecule has 2 amide bonds.